The van der Waals surface area contributed by atoms with E-state index >= 15 is 0 Å². The third-order valence-electron chi connectivity index (χ3n) is 2.21. The molecule has 0 saturated carbocycles. The summed E-state index contributed by atoms with van der Waals surface area (Å²) in [6, 6.07) is 1.56. The summed E-state index contributed by atoms with van der Waals surface area (Å²) in [4.78, 5) is 0.211. The number of hydrogen-bond acceptors (Lipinski definition) is 4. The SMILES string of the molecule is CCCNCc1cc(S(=O)(=O)NC)c(C)o1. The number of hydrogen-bond donors (Lipinski definition) is 2. The van der Waals surface area contributed by atoms with Crippen LogP contribution in [0.25, 0.3) is 0 Å². The summed E-state index contributed by atoms with van der Waals surface area (Å²) in [6.07, 6.45) is 1.03. The Balaban J connectivity index is 2.82. The molecule has 0 saturated heterocycles. The van der Waals surface area contributed by atoms with Crippen LogP contribution in [0.4, 0.5) is 0 Å². The highest BCUT2D eigenvalue weighted by molar-refractivity contribution is 7.89. The molecule has 0 aliphatic heterocycles. The molecule has 0 amide bonds. The van der Waals surface area contributed by atoms with Crippen molar-refractivity contribution in [3.63, 3.8) is 0 Å². The maximum Gasteiger partial charge on any atom is 0.243 e. The lowest BCUT2D eigenvalue weighted by molar-refractivity contribution is 0.457. The van der Waals surface area contributed by atoms with Crippen LogP contribution >= 0.6 is 0 Å². The standard InChI is InChI=1S/C10H18N2O3S/c1-4-5-12-7-9-6-10(8(2)15-9)16(13,14)11-3/h6,11-12H,4-5,7H2,1-3H3. The Morgan fingerprint density at radius 2 is 2.12 bits per heavy atom. The Hall–Kier alpha value is -0.850. The minimum absolute atomic E-state index is 0.211. The molecule has 1 aromatic rings. The van der Waals surface area contributed by atoms with Crippen LogP contribution < -0.4 is 10.0 Å². The molecular formula is C10H18N2O3S. The van der Waals surface area contributed by atoms with Crippen molar-refractivity contribution in [2.24, 2.45) is 0 Å². The molecule has 0 radical (unpaired) electrons. The first-order valence-electron chi connectivity index (χ1n) is 5.24. The summed E-state index contributed by atoms with van der Waals surface area (Å²) < 4.78 is 30.8. The van der Waals surface area contributed by atoms with Crippen molar-refractivity contribution < 1.29 is 12.8 Å². The molecule has 1 rings (SSSR count). The van der Waals surface area contributed by atoms with Crippen molar-refractivity contribution in [2.75, 3.05) is 13.6 Å². The van der Waals surface area contributed by atoms with Gasteiger partial charge >= 0.3 is 0 Å². The molecule has 0 atom stereocenters. The second kappa shape index (κ2) is 5.47. The lowest BCUT2D eigenvalue weighted by Gasteiger charge is -1.98. The Morgan fingerprint density at radius 1 is 1.44 bits per heavy atom. The van der Waals surface area contributed by atoms with E-state index in [-0.39, 0.29) is 4.90 Å². The zero-order valence-electron chi connectivity index (χ0n) is 9.83. The van der Waals surface area contributed by atoms with Gasteiger partial charge < -0.3 is 9.73 Å². The maximum atomic E-state index is 11.6. The first kappa shape index (κ1) is 13.2. The Kier molecular flexibility index (Phi) is 4.52. The fourth-order valence-electron chi connectivity index (χ4n) is 1.38. The van der Waals surface area contributed by atoms with Crippen molar-refractivity contribution in [2.45, 2.75) is 31.7 Å². The molecule has 16 heavy (non-hydrogen) atoms. The third-order valence-corrected chi connectivity index (χ3v) is 3.73. The van der Waals surface area contributed by atoms with Crippen LogP contribution in [-0.2, 0) is 16.6 Å². The summed E-state index contributed by atoms with van der Waals surface area (Å²) in [7, 11) is -2.02. The van der Waals surface area contributed by atoms with Gasteiger partial charge in [0, 0.05) is 6.07 Å². The largest absolute Gasteiger partial charge is 0.464 e. The monoisotopic (exact) mass is 246 g/mol. The zero-order valence-corrected chi connectivity index (χ0v) is 10.6. The molecule has 6 heteroatoms. The van der Waals surface area contributed by atoms with Crippen LogP contribution in [0, 0.1) is 6.92 Å². The van der Waals surface area contributed by atoms with Crippen molar-refractivity contribution in [3.8, 4) is 0 Å². The topological polar surface area (TPSA) is 71.3 Å². The lowest BCUT2D eigenvalue weighted by Crippen LogP contribution is -2.18. The summed E-state index contributed by atoms with van der Waals surface area (Å²) in [5.74, 6) is 1.06. The highest BCUT2D eigenvalue weighted by Crippen LogP contribution is 2.19. The highest BCUT2D eigenvalue weighted by atomic mass is 32.2. The predicted molar refractivity (Wildman–Crippen MR) is 61.7 cm³/mol. The molecule has 0 aromatic carbocycles. The minimum Gasteiger partial charge on any atom is -0.464 e. The van der Waals surface area contributed by atoms with Crippen LogP contribution in [-0.4, -0.2) is 22.0 Å². The van der Waals surface area contributed by atoms with Crippen LogP contribution in [0.3, 0.4) is 0 Å². The van der Waals surface area contributed by atoms with Crippen LogP contribution in [0.2, 0.25) is 0 Å². The number of aryl methyl sites for hydroxylation is 1. The molecular weight excluding hydrogens is 228 g/mol. The van der Waals surface area contributed by atoms with Crippen LogP contribution in [0.15, 0.2) is 15.4 Å². The smallest absolute Gasteiger partial charge is 0.243 e. The average molecular weight is 246 g/mol. The van der Waals surface area contributed by atoms with Gasteiger partial charge in [-0.2, -0.15) is 0 Å². The van der Waals surface area contributed by atoms with Crippen molar-refractivity contribution in [1.82, 2.24) is 10.0 Å². The van der Waals surface area contributed by atoms with Crippen LogP contribution in [0.1, 0.15) is 24.9 Å². The van der Waals surface area contributed by atoms with Gasteiger partial charge in [0.2, 0.25) is 10.0 Å². The molecule has 2 N–H and O–H groups in total. The second-order valence-corrected chi connectivity index (χ2v) is 5.37. The van der Waals surface area contributed by atoms with Gasteiger partial charge in [-0.25, -0.2) is 13.1 Å². The Morgan fingerprint density at radius 3 is 2.69 bits per heavy atom. The predicted octanol–water partition coefficient (Wildman–Crippen LogP) is 0.996. The number of rotatable bonds is 6. The molecule has 92 valence electrons. The van der Waals surface area contributed by atoms with E-state index in [9.17, 15) is 8.42 Å². The van der Waals surface area contributed by atoms with Gasteiger partial charge in [0.05, 0.1) is 6.54 Å². The first-order valence-corrected chi connectivity index (χ1v) is 6.73. The molecule has 0 spiro atoms. The van der Waals surface area contributed by atoms with E-state index in [2.05, 4.69) is 17.0 Å². The highest BCUT2D eigenvalue weighted by Gasteiger charge is 2.19. The minimum atomic E-state index is -3.41. The van der Waals surface area contributed by atoms with E-state index in [0.717, 1.165) is 13.0 Å². The molecule has 0 unspecified atom stereocenters. The van der Waals surface area contributed by atoms with Gasteiger partial charge in [0.15, 0.2) is 0 Å². The normalized spacial score (nSPS) is 11.9. The molecule has 1 heterocycles. The summed E-state index contributed by atoms with van der Waals surface area (Å²) in [5, 5.41) is 3.15. The van der Waals surface area contributed by atoms with E-state index in [4.69, 9.17) is 4.42 Å². The third kappa shape index (κ3) is 3.07. The molecule has 5 nitrogen and oxygen atoms in total. The molecule has 1 aromatic heterocycles. The average Bonchev–Trinajstić information content (AvgIpc) is 2.61. The van der Waals surface area contributed by atoms with Gasteiger partial charge in [-0.15, -0.1) is 0 Å². The van der Waals surface area contributed by atoms with Crippen LogP contribution in [0.5, 0.6) is 0 Å². The van der Waals surface area contributed by atoms with Crippen molar-refractivity contribution in [3.05, 3.63) is 17.6 Å². The second-order valence-electron chi connectivity index (χ2n) is 3.52. The van der Waals surface area contributed by atoms with E-state index in [1.807, 2.05) is 0 Å². The summed E-state index contributed by atoms with van der Waals surface area (Å²) in [5.41, 5.74) is 0. The fraction of sp³-hybridized carbons (Fsp3) is 0.600. The summed E-state index contributed by atoms with van der Waals surface area (Å²) >= 11 is 0. The molecule has 0 aliphatic rings. The zero-order chi connectivity index (χ0) is 12.2. The molecule has 0 bridgehead atoms. The van der Waals surface area contributed by atoms with Crippen molar-refractivity contribution >= 4 is 10.0 Å². The quantitative estimate of drug-likeness (QED) is 0.734. The van der Waals surface area contributed by atoms with E-state index < -0.39 is 10.0 Å². The van der Waals surface area contributed by atoms with E-state index in [1.54, 1.807) is 13.0 Å². The Bertz CT molecular complexity index is 437. The number of nitrogens with one attached hydrogen (secondary N) is 2. The number of furan rings is 1. The number of sulfonamides is 1. The van der Waals surface area contributed by atoms with Crippen molar-refractivity contribution in [1.29, 1.82) is 0 Å². The van der Waals surface area contributed by atoms with Gasteiger partial charge in [-0.1, -0.05) is 6.92 Å². The molecule has 0 fully saturated rings. The molecule has 0 aliphatic carbocycles. The van der Waals surface area contributed by atoms with Gasteiger partial charge in [-0.3, -0.25) is 0 Å². The fourth-order valence-corrected chi connectivity index (χ4v) is 2.30. The lowest BCUT2D eigenvalue weighted by atomic mass is 10.4. The summed E-state index contributed by atoms with van der Waals surface area (Å²) in [6.45, 7) is 5.15. The van der Waals surface area contributed by atoms with Gasteiger partial charge in [0.1, 0.15) is 16.4 Å². The maximum absolute atomic E-state index is 11.6. The Labute approximate surface area is 96.3 Å². The van der Waals surface area contributed by atoms with Gasteiger partial charge in [-0.05, 0) is 26.9 Å². The van der Waals surface area contributed by atoms with Gasteiger partial charge in [0.25, 0.3) is 0 Å². The van der Waals surface area contributed by atoms with E-state index in [1.165, 1.54) is 7.05 Å². The first-order chi connectivity index (χ1) is 7.51. The van der Waals surface area contributed by atoms with E-state index in [0.29, 0.717) is 18.1 Å².